The number of aromatic nitrogens is 5. The summed E-state index contributed by atoms with van der Waals surface area (Å²) in [5.41, 5.74) is 7.21. The number of benzene rings is 1. The van der Waals surface area contributed by atoms with Gasteiger partial charge in [-0.15, -0.1) is 0 Å². The Labute approximate surface area is 177 Å². The van der Waals surface area contributed by atoms with Crippen LogP contribution in [0.5, 0.6) is 0 Å². The van der Waals surface area contributed by atoms with Crippen molar-refractivity contribution in [2.45, 2.75) is 37.8 Å². The number of nitrogens with one attached hydrogen (secondary N) is 2. The topological polar surface area (TPSA) is 118 Å². The van der Waals surface area contributed by atoms with Gasteiger partial charge in [0.1, 0.15) is 11.6 Å². The Bertz CT molecular complexity index is 1080. The van der Waals surface area contributed by atoms with Crippen molar-refractivity contribution in [2.24, 2.45) is 0 Å². The summed E-state index contributed by atoms with van der Waals surface area (Å²) in [6, 6.07) is 5.15. The van der Waals surface area contributed by atoms with E-state index in [0.717, 1.165) is 37.6 Å². The lowest BCUT2D eigenvalue weighted by Crippen LogP contribution is -2.26. The molecule has 3 aromatic rings. The molecule has 0 bridgehead atoms. The third-order valence-electron chi connectivity index (χ3n) is 5.59. The molecule has 4 heterocycles. The summed E-state index contributed by atoms with van der Waals surface area (Å²) in [5, 5.41) is 10.2. The minimum absolute atomic E-state index is 0.0120. The van der Waals surface area contributed by atoms with E-state index in [4.69, 9.17) is 10.5 Å². The summed E-state index contributed by atoms with van der Waals surface area (Å²) < 4.78 is 33.4. The Morgan fingerprint density at radius 1 is 1.13 bits per heavy atom. The monoisotopic (exact) mass is 428 g/mol. The van der Waals surface area contributed by atoms with Crippen LogP contribution in [0.25, 0.3) is 0 Å². The molecular weight excluding hydrogens is 406 g/mol. The van der Waals surface area contributed by atoms with Crippen LogP contribution in [0.15, 0.2) is 24.3 Å². The molecule has 9 nitrogen and oxygen atoms in total. The lowest BCUT2D eigenvalue weighted by molar-refractivity contribution is 0.108. The number of rotatable bonds is 5. The largest absolute Gasteiger partial charge is 0.372 e. The average molecular weight is 428 g/mol. The Morgan fingerprint density at radius 3 is 2.84 bits per heavy atom. The second kappa shape index (κ2) is 8.06. The highest BCUT2D eigenvalue weighted by Gasteiger charge is 2.31. The van der Waals surface area contributed by atoms with E-state index in [1.54, 1.807) is 0 Å². The maximum absolute atomic E-state index is 14.4. The van der Waals surface area contributed by atoms with Crippen molar-refractivity contribution in [3.8, 4) is 0 Å². The van der Waals surface area contributed by atoms with Crippen molar-refractivity contribution < 1.29 is 13.5 Å². The van der Waals surface area contributed by atoms with Crippen LogP contribution in [0, 0.1) is 11.6 Å². The third kappa shape index (κ3) is 4.00. The molecule has 162 valence electrons. The van der Waals surface area contributed by atoms with Gasteiger partial charge in [-0.25, -0.2) is 8.78 Å². The number of hydrogen-bond acceptors (Lipinski definition) is 8. The molecule has 2 aliphatic heterocycles. The number of halogens is 2. The predicted octanol–water partition coefficient (Wildman–Crippen LogP) is 3.39. The standard InChI is InChI=1S/C20H22F2N8O/c21-11-5-6-12(13(22)9-11)15-3-1-7-30(15)20-26-18(23)25-19(27-20)24-17-10-14(28-29-17)16-4-2-8-31-16/h5-6,9-10,15-16H,1-4,7-8H2,(H4,23,24,25,26,27,28,29). The molecule has 0 aliphatic carbocycles. The van der Waals surface area contributed by atoms with Gasteiger partial charge < -0.3 is 20.7 Å². The Morgan fingerprint density at radius 2 is 2.03 bits per heavy atom. The SMILES string of the molecule is Nc1nc(Nc2cc(C3CCCO3)[nH]n2)nc(N2CCCC2c2ccc(F)cc2F)n1. The van der Waals surface area contributed by atoms with Gasteiger partial charge >= 0.3 is 0 Å². The summed E-state index contributed by atoms with van der Waals surface area (Å²) in [4.78, 5) is 14.7. The molecule has 0 amide bonds. The number of ether oxygens (including phenoxy) is 1. The third-order valence-corrected chi connectivity index (χ3v) is 5.59. The van der Waals surface area contributed by atoms with Crippen molar-refractivity contribution in [3.05, 3.63) is 47.2 Å². The van der Waals surface area contributed by atoms with Crippen molar-refractivity contribution >= 4 is 23.7 Å². The van der Waals surface area contributed by atoms with Crippen LogP contribution >= 0.6 is 0 Å². The first-order chi connectivity index (χ1) is 15.1. The molecular formula is C20H22F2N8O. The average Bonchev–Trinajstić information content (AvgIpc) is 3.49. The fourth-order valence-electron chi connectivity index (χ4n) is 4.17. The highest BCUT2D eigenvalue weighted by molar-refractivity contribution is 5.53. The van der Waals surface area contributed by atoms with Gasteiger partial charge in [-0.2, -0.15) is 20.1 Å². The second-order valence-corrected chi connectivity index (χ2v) is 7.67. The summed E-state index contributed by atoms with van der Waals surface area (Å²) in [6.45, 7) is 1.36. The Balaban J connectivity index is 1.39. The van der Waals surface area contributed by atoms with Crippen molar-refractivity contribution in [1.29, 1.82) is 0 Å². The van der Waals surface area contributed by atoms with Gasteiger partial charge in [-0.05, 0) is 31.7 Å². The normalized spacial score (nSPS) is 21.0. The fourth-order valence-corrected chi connectivity index (χ4v) is 4.17. The van der Waals surface area contributed by atoms with E-state index < -0.39 is 11.6 Å². The van der Waals surface area contributed by atoms with Gasteiger partial charge in [-0.1, -0.05) is 6.07 Å². The van der Waals surface area contributed by atoms with E-state index in [1.807, 2.05) is 11.0 Å². The van der Waals surface area contributed by atoms with Crippen LogP contribution in [0.2, 0.25) is 0 Å². The fraction of sp³-hybridized carbons (Fsp3) is 0.400. The molecule has 31 heavy (non-hydrogen) atoms. The maximum Gasteiger partial charge on any atom is 0.235 e. The number of nitrogens with zero attached hydrogens (tertiary/aromatic N) is 5. The quantitative estimate of drug-likeness (QED) is 0.566. The zero-order chi connectivity index (χ0) is 21.4. The van der Waals surface area contributed by atoms with E-state index in [2.05, 4.69) is 30.5 Å². The van der Waals surface area contributed by atoms with Crippen molar-refractivity contribution in [3.63, 3.8) is 0 Å². The van der Waals surface area contributed by atoms with Gasteiger partial charge in [0.2, 0.25) is 17.8 Å². The molecule has 1 aromatic carbocycles. The van der Waals surface area contributed by atoms with Crippen molar-refractivity contribution in [2.75, 3.05) is 29.1 Å². The van der Waals surface area contributed by atoms with E-state index >= 15 is 0 Å². The summed E-state index contributed by atoms with van der Waals surface area (Å²) in [7, 11) is 0. The van der Waals surface area contributed by atoms with Crippen LogP contribution in [0.4, 0.5) is 32.4 Å². The number of H-pyrrole nitrogens is 1. The van der Waals surface area contributed by atoms with E-state index in [0.29, 0.717) is 30.3 Å². The number of nitrogens with two attached hydrogens (primary N) is 1. The van der Waals surface area contributed by atoms with Gasteiger partial charge in [0, 0.05) is 30.8 Å². The predicted molar refractivity (Wildman–Crippen MR) is 110 cm³/mol. The molecule has 2 aromatic heterocycles. The van der Waals surface area contributed by atoms with E-state index in [1.165, 1.54) is 12.1 Å². The van der Waals surface area contributed by atoms with Gasteiger partial charge in [-0.3, -0.25) is 5.10 Å². The molecule has 4 N–H and O–H groups in total. The molecule has 2 atom stereocenters. The zero-order valence-corrected chi connectivity index (χ0v) is 16.7. The number of hydrogen-bond donors (Lipinski definition) is 3. The summed E-state index contributed by atoms with van der Waals surface area (Å²) in [5.74, 6) is -0.0648. The Kier molecular flexibility index (Phi) is 5.10. The Hall–Kier alpha value is -3.34. The first-order valence-corrected chi connectivity index (χ1v) is 10.2. The number of anilines is 4. The van der Waals surface area contributed by atoms with Crippen LogP contribution in [-0.2, 0) is 4.74 Å². The molecule has 0 saturated carbocycles. The molecule has 2 saturated heterocycles. The highest BCUT2D eigenvalue weighted by atomic mass is 19.1. The van der Waals surface area contributed by atoms with Crippen LogP contribution in [0.1, 0.15) is 49.1 Å². The van der Waals surface area contributed by atoms with Crippen LogP contribution in [0.3, 0.4) is 0 Å². The smallest absolute Gasteiger partial charge is 0.235 e. The van der Waals surface area contributed by atoms with E-state index in [-0.39, 0.29) is 24.0 Å². The first-order valence-electron chi connectivity index (χ1n) is 10.2. The summed E-state index contributed by atoms with van der Waals surface area (Å²) in [6.07, 6.45) is 3.49. The lowest BCUT2D eigenvalue weighted by atomic mass is 10.0. The molecule has 0 radical (unpaired) electrons. The second-order valence-electron chi connectivity index (χ2n) is 7.67. The molecule has 2 aliphatic rings. The zero-order valence-electron chi connectivity index (χ0n) is 16.7. The maximum atomic E-state index is 14.4. The van der Waals surface area contributed by atoms with Crippen molar-refractivity contribution in [1.82, 2.24) is 25.1 Å². The molecule has 0 spiro atoms. The highest BCUT2D eigenvalue weighted by Crippen LogP contribution is 2.36. The lowest BCUT2D eigenvalue weighted by Gasteiger charge is -2.25. The molecule has 2 fully saturated rings. The molecule has 5 rings (SSSR count). The number of nitrogen functional groups attached to an aromatic ring is 1. The minimum atomic E-state index is -0.608. The molecule has 2 unspecified atom stereocenters. The molecule has 11 heteroatoms. The van der Waals surface area contributed by atoms with Gasteiger partial charge in [0.15, 0.2) is 5.82 Å². The summed E-state index contributed by atoms with van der Waals surface area (Å²) >= 11 is 0. The van der Waals surface area contributed by atoms with E-state index in [9.17, 15) is 8.78 Å². The van der Waals surface area contributed by atoms with Crippen LogP contribution < -0.4 is 16.0 Å². The number of aromatic amines is 1. The minimum Gasteiger partial charge on any atom is -0.372 e. The first kappa shape index (κ1) is 19.6. The van der Waals surface area contributed by atoms with Crippen LogP contribution in [-0.4, -0.2) is 38.3 Å². The van der Waals surface area contributed by atoms with Gasteiger partial charge in [0.25, 0.3) is 0 Å². The van der Waals surface area contributed by atoms with Gasteiger partial charge in [0.05, 0.1) is 17.8 Å².